The molecule has 4 aromatic rings. The number of alkyl halides is 5. The van der Waals surface area contributed by atoms with E-state index in [-0.39, 0.29) is 66.0 Å². The quantitative estimate of drug-likeness (QED) is 0.274. The molecule has 0 bridgehead atoms. The molecular formula is C27H24F5N5O5S. The molecule has 1 saturated heterocycles. The smallest absolute Gasteiger partial charge is 0.419 e. The number of amides is 1. The molecule has 0 radical (unpaired) electrons. The van der Waals surface area contributed by atoms with Crippen LogP contribution in [-0.2, 0) is 20.9 Å². The van der Waals surface area contributed by atoms with Crippen molar-refractivity contribution in [1.29, 1.82) is 0 Å². The van der Waals surface area contributed by atoms with Gasteiger partial charge in [0, 0.05) is 24.3 Å². The van der Waals surface area contributed by atoms with Gasteiger partial charge in [0.25, 0.3) is 12.3 Å². The molecule has 228 valence electrons. The molecule has 1 N–H and O–H groups in total. The second-order valence-electron chi connectivity index (χ2n) is 9.30. The number of fused-ring (bicyclic) bond motifs is 1. The summed E-state index contributed by atoms with van der Waals surface area (Å²) in [5, 5.41) is 6.41. The van der Waals surface area contributed by atoms with E-state index in [0.717, 1.165) is 35.0 Å². The van der Waals surface area contributed by atoms with E-state index in [9.17, 15) is 35.2 Å². The Kier molecular flexibility index (Phi) is 8.36. The average molecular weight is 626 g/mol. The van der Waals surface area contributed by atoms with Crippen LogP contribution < -0.4 is 10.1 Å². The second-order valence-corrected chi connectivity index (χ2v) is 11.2. The van der Waals surface area contributed by atoms with E-state index in [2.05, 4.69) is 15.4 Å². The highest BCUT2D eigenvalue weighted by Crippen LogP contribution is 2.39. The van der Waals surface area contributed by atoms with Gasteiger partial charge in [0.2, 0.25) is 10.0 Å². The number of hydrogen-bond donors (Lipinski definition) is 1. The first-order valence-electron chi connectivity index (χ1n) is 12.9. The molecule has 43 heavy (non-hydrogen) atoms. The Bertz CT molecular complexity index is 1770. The van der Waals surface area contributed by atoms with Crippen LogP contribution in [0.25, 0.3) is 16.9 Å². The summed E-state index contributed by atoms with van der Waals surface area (Å²) in [4.78, 5) is 17.5. The molecule has 0 saturated carbocycles. The Morgan fingerprint density at radius 3 is 2.53 bits per heavy atom. The third-order valence-corrected chi connectivity index (χ3v) is 8.44. The molecule has 1 fully saturated rings. The number of nitrogens with zero attached hydrogens (tertiary/aromatic N) is 4. The molecule has 1 aliphatic heterocycles. The molecule has 10 nitrogen and oxygen atoms in total. The lowest BCUT2D eigenvalue weighted by atomic mass is 10.1. The summed E-state index contributed by atoms with van der Waals surface area (Å²) in [5.74, 6) is -1.34. The number of benzene rings is 2. The van der Waals surface area contributed by atoms with Crippen LogP contribution in [0.5, 0.6) is 5.75 Å². The van der Waals surface area contributed by atoms with Gasteiger partial charge >= 0.3 is 6.18 Å². The van der Waals surface area contributed by atoms with Crippen molar-refractivity contribution >= 4 is 27.3 Å². The van der Waals surface area contributed by atoms with Crippen molar-refractivity contribution in [2.45, 2.75) is 24.4 Å². The molecule has 0 unspecified atom stereocenters. The summed E-state index contributed by atoms with van der Waals surface area (Å²) in [7, 11) is -3.87. The largest absolute Gasteiger partial charge is 0.493 e. The zero-order chi connectivity index (χ0) is 30.9. The standard InChI is InChI=1S/C27H24F5N5O5S/c1-2-42-23-12-16(6-7-20(23)27(30,31)32)21-14-22(24(28)29)37-25(35-21)19(15-33-37)26(38)34-17-4-3-5-18(13-17)43(39,40)36-8-10-41-11-9-36/h3-7,12-15,24H,2,8-11H2,1H3,(H,34,38). The number of morpholine rings is 1. The van der Waals surface area contributed by atoms with Gasteiger partial charge in [-0.05, 0) is 43.3 Å². The van der Waals surface area contributed by atoms with Crippen LogP contribution in [0.3, 0.4) is 0 Å². The lowest BCUT2D eigenvalue weighted by Gasteiger charge is -2.26. The van der Waals surface area contributed by atoms with Gasteiger partial charge in [-0.25, -0.2) is 26.7 Å². The summed E-state index contributed by atoms with van der Waals surface area (Å²) >= 11 is 0. The zero-order valence-electron chi connectivity index (χ0n) is 22.4. The van der Waals surface area contributed by atoms with E-state index in [0.29, 0.717) is 0 Å². The second kappa shape index (κ2) is 11.9. The topological polar surface area (TPSA) is 115 Å². The van der Waals surface area contributed by atoms with Crippen LogP contribution in [0.4, 0.5) is 27.6 Å². The van der Waals surface area contributed by atoms with Gasteiger partial charge < -0.3 is 14.8 Å². The predicted octanol–water partition coefficient (Wildman–Crippen LogP) is 5.02. The number of anilines is 1. The highest BCUT2D eigenvalue weighted by molar-refractivity contribution is 7.89. The van der Waals surface area contributed by atoms with Crippen LogP contribution in [0.2, 0.25) is 0 Å². The van der Waals surface area contributed by atoms with Gasteiger partial charge in [-0.2, -0.15) is 22.6 Å². The Morgan fingerprint density at radius 1 is 1.12 bits per heavy atom. The number of ether oxygens (including phenoxy) is 2. The van der Waals surface area contributed by atoms with Gasteiger partial charge in [0.15, 0.2) is 5.65 Å². The summed E-state index contributed by atoms with van der Waals surface area (Å²) in [6.45, 7) is 2.26. The maximum Gasteiger partial charge on any atom is 0.419 e. The monoisotopic (exact) mass is 625 g/mol. The number of halogens is 5. The molecule has 16 heteroatoms. The van der Waals surface area contributed by atoms with Crippen LogP contribution in [0.1, 0.15) is 35.0 Å². The highest BCUT2D eigenvalue weighted by atomic mass is 32.2. The van der Waals surface area contributed by atoms with Crippen molar-refractivity contribution in [2.24, 2.45) is 0 Å². The molecule has 0 spiro atoms. The maximum absolute atomic E-state index is 14.0. The Hall–Kier alpha value is -4.15. The number of hydrogen-bond acceptors (Lipinski definition) is 7. The number of sulfonamides is 1. The lowest BCUT2D eigenvalue weighted by molar-refractivity contribution is -0.138. The van der Waals surface area contributed by atoms with Crippen molar-refractivity contribution in [3.8, 4) is 17.0 Å². The van der Waals surface area contributed by atoms with E-state index in [1.165, 1.54) is 35.5 Å². The van der Waals surface area contributed by atoms with Crippen LogP contribution >= 0.6 is 0 Å². The van der Waals surface area contributed by atoms with E-state index in [1.807, 2.05) is 0 Å². The van der Waals surface area contributed by atoms with Gasteiger partial charge in [0.1, 0.15) is 17.0 Å². The van der Waals surface area contributed by atoms with E-state index in [4.69, 9.17) is 9.47 Å². The van der Waals surface area contributed by atoms with E-state index < -0.39 is 45.5 Å². The molecule has 3 heterocycles. The minimum Gasteiger partial charge on any atom is -0.493 e. The van der Waals surface area contributed by atoms with Crippen molar-refractivity contribution < 1.29 is 44.6 Å². The molecule has 2 aromatic carbocycles. The SMILES string of the molecule is CCOc1cc(-c2cc(C(F)F)n3ncc(C(=O)Nc4cccc(S(=O)(=O)N5CCOCC5)c4)c3n2)ccc1C(F)(F)F. The van der Waals surface area contributed by atoms with Crippen molar-refractivity contribution in [3.05, 3.63) is 71.5 Å². The summed E-state index contributed by atoms with van der Waals surface area (Å²) in [6, 6.07) is 9.34. The first kappa shape index (κ1) is 30.3. The molecule has 1 amide bonds. The first-order chi connectivity index (χ1) is 20.4. The summed E-state index contributed by atoms with van der Waals surface area (Å²) in [5.41, 5.74) is -2.23. The fourth-order valence-corrected chi connectivity index (χ4v) is 5.96. The Morgan fingerprint density at radius 2 is 1.86 bits per heavy atom. The van der Waals surface area contributed by atoms with E-state index in [1.54, 1.807) is 0 Å². The minimum atomic E-state index is -4.72. The Labute approximate surface area is 242 Å². The molecular weight excluding hydrogens is 601 g/mol. The Balaban J connectivity index is 1.51. The number of aromatic nitrogens is 3. The molecule has 5 rings (SSSR count). The normalized spacial score (nSPS) is 14.8. The van der Waals surface area contributed by atoms with Crippen LogP contribution in [0.15, 0.2) is 59.6 Å². The van der Waals surface area contributed by atoms with Crippen LogP contribution in [0, 0.1) is 0 Å². The summed E-state index contributed by atoms with van der Waals surface area (Å²) < 4.78 is 107. The number of carbonyl (C=O) groups excluding carboxylic acids is 1. The number of carbonyl (C=O) groups is 1. The average Bonchev–Trinajstić information content (AvgIpc) is 3.41. The fraction of sp³-hybridized carbons (Fsp3) is 0.296. The predicted molar refractivity (Wildman–Crippen MR) is 144 cm³/mol. The zero-order valence-corrected chi connectivity index (χ0v) is 23.3. The lowest BCUT2D eigenvalue weighted by Crippen LogP contribution is -2.40. The van der Waals surface area contributed by atoms with Crippen molar-refractivity contribution in [2.75, 3.05) is 38.2 Å². The van der Waals surface area contributed by atoms with Crippen LogP contribution in [-0.4, -0.2) is 66.1 Å². The van der Waals surface area contributed by atoms with Gasteiger partial charge in [-0.1, -0.05) is 12.1 Å². The minimum absolute atomic E-state index is 0.0365. The number of nitrogens with one attached hydrogen (secondary N) is 1. The van der Waals surface area contributed by atoms with Crippen molar-refractivity contribution in [3.63, 3.8) is 0 Å². The molecule has 2 aromatic heterocycles. The number of rotatable bonds is 8. The highest BCUT2D eigenvalue weighted by Gasteiger charge is 2.35. The van der Waals surface area contributed by atoms with Gasteiger partial charge in [-0.15, -0.1) is 0 Å². The fourth-order valence-electron chi connectivity index (χ4n) is 4.51. The van der Waals surface area contributed by atoms with Crippen molar-refractivity contribution in [1.82, 2.24) is 18.9 Å². The van der Waals surface area contributed by atoms with Gasteiger partial charge in [-0.3, -0.25) is 4.79 Å². The third-order valence-electron chi connectivity index (χ3n) is 6.55. The summed E-state index contributed by atoms with van der Waals surface area (Å²) in [6.07, 6.45) is -6.78. The first-order valence-corrected chi connectivity index (χ1v) is 14.3. The maximum atomic E-state index is 14.0. The molecule has 0 aliphatic carbocycles. The van der Waals surface area contributed by atoms with E-state index >= 15 is 0 Å². The molecule has 0 atom stereocenters. The van der Waals surface area contributed by atoms with Gasteiger partial charge in [0.05, 0.1) is 42.2 Å². The third kappa shape index (κ3) is 6.16. The molecule has 1 aliphatic rings.